The van der Waals surface area contributed by atoms with Gasteiger partial charge in [0, 0.05) is 12.2 Å². The second kappa shape index (κ2) is 5.17. The van der Waals surface area contributed by atoms with Gasteiger partial charge in [0.15, 0.2) is 0 Å². The summed E-state index contributed by atoms with van der Waals surface area (Å²) in [6.45, 7) is 2.19. The largest absolute Gasteiger partial charge is 0.337 e. The Morgan fingerprint density at radius 3 is 3.00 bits per heavy atom. The molecular formula is C12H13N7O. The Bertz CT molecular complexity index is 689. The monoisotopic (exact) mass is 271 g/mol. The number of hydrogen-bond acceptors (Lipinski definition) is 7. The van der Waals surface area contributed by atoms with Crippen molar-refractivity contribution in [3.63, 3.8) is 0 Å². The zero-order chi connectivity index (χ0) is 13.9. The summed E-state index contributed by atoms with van der Waals surface area (Å²) in [4.78, 5) is 8.43. The molecule has 2 N–H and O–H groups in total. The molecule has 0 aliphatic heterocycles. The number of aromatic nitrogens is 6. The highest BCUT2D eigenvalue weighted by Crippen LogP contribution is 2.12. The normalized spacial score (nSPS) is 12.5. The van der Waals surface area contributed by atoms with Gasteiger partial charge in [-0.05, 0) is 19.1 Å². The number of hydrogen-bond donors (Lipinski definition) is 1. The highest BCUT2D eigenvalue weighted by Gasteiger charge is 2.11. The second-order valence-corrected chi connectivity index (χ2v) is 4.36. The van der Waals surface area contributed by atoms with Gasteiger partial charge in [0.25, 0.3) is 0 Å². The van der Waals surface area contributed by atoms with Crippen LogP contribution in [-0.2, 0) is 6.54 Å². The van der Waals surface area contributed by atoms with Crippen LogP contribution in [0, 0.1) is 0 Å². The van der Waals surface area contributed by atoms with Gasteiger partial charge >= 0.3 is 0 Å². The van der Waals surface area contributed by atoms with Crippen LogP contribution in [0.5, 0.6) is 0 Å². The van der Waals surface area contributed by atoms with Gasteiger partial charge in [-0.25, -0.2) is 4.68 Å². The van der Waals surface area contributed by atoms with Crippen LogP contribution in [0.15, 0.2) is 35.1 Å². The molecule has 0 radical (unpaired) electrons. The Hall–Kier alpha value is -2.61. The summed E-state index contributed by atoms with van der Waals surface area (Å²) in [7, 11) is 0. The van der Waals surface area contributed by atoms with Crippen LogP contribution in [0.4, 0.5) is 0 Å². The van der Waals surface area contributed by atoms with Crippen molar-refractivity contribution < 1.29 is 4.52 Å². The molecule has 0 bridgehead atoms. The summed E-state index contributed by atoms with van der Waals surface area (Å²) in [5.74, 6) is 0.889. The van der Waals surface area contributed by atoms with Crippen molar-refractivity contribution in [1.29, 1.82) is 0 Å². The molecule has 20 heavy (non-hydrogen) atoms. The molecule has 0 saturated carbocycles. The first kappa shape index (κ1) is 12.4. The highest BCUT2D eigenvalue weighted by molar-refractivity contribution is 5.46. The Labute approximate surface area is 114 Å². The van der Waals surface area contributed by atoms with E-state index in [1.54, 1.807) is 17.1 Å². The molecule has 0 saturated heterocycles. The number of nitrogens with zero attached hydrogens (tertiary/aromatic N) is 6. The maximum Gasteiger partial charge on any atom is 0.248 e. The lowest BCUT2D eigenvalue weighted by molar-refractivity contribution is 0.364. The van der Waals surface area contributed by atoms with Gasteiger partial charge in [-0.2, -0.15) is 4.98 Å². The average molecular weight is 271 g/mol. The van der Waals surface area contributed by atoms with Crippen molar-refractivity contribution in [3.8, 4) is 11.5 Å². The Morgan fingerprint density at radius 2 is 2.30 bits per heavy atom. The molecule has 0 spiro atoms. The van der Waals surface area contributed by atoms with Crippen molar-refractivity contribution in [1.82, 2.24) is 30.1 Å². The van der Waals surface area contributed by atoms with Gasteiger partial charge in [-0.15, -0.1) is 5.10 Å². The Morgan fingerprint density at radius 1 is 1.40 bits per heavy atom. The molecule has 0 aliphatic rings. The molecule has 3 heterocycles. The standard InChI is InChI=1S/C12H13N7O/c1-8(13)10-6-19(18-16-10)7-11-15-12(17-20-11)9-4-2-3-5-14-9/h2-6,8H,7,13H2,1H3. The van der Waals surface area contributed by atoms with E-state index in [1.165, 1.54) is 0 Å². The fraction of sp³-hybridized carbons (Fsp3) is 0.250. The van der Waals surface area contributed by atoms with E-state index in [0.29, 0.717) is 24.0 Å². The summed E-state index contributed by atoms with van der Waals surface area (Å²) in [6.07, 6.45) is 3.44. The molecule has 8 nitrogen and oxygen atoms in total. The molecule has 3 aromatic rings. The van der Waals surface area contributed by atoms with Gasteiger partial charge in [0.1, 0.15) is 12.2 Å². The van der Waals surface area contributed by atoms with Crippen LogP contribution in [0.25, 0.3) is 11.5 Å². The van der Waals surface area contributed by atoms with Crippen molar-refractivity contribution in [2.24, 2.45) is 5.73 Å². The number of pyridine rings is 1. The van der Waals surface area contributed by atoms with E-state index in [9.17, 15) is 0 Å². The third kappa shape index (κ3) is 2.54. The Kier molecular flexibility index (Phi) is 3.21. The molecule has 1 unspecified atom stereocenters. The van der Waals surface area contributed by atoms with Crippen LogP contribution >= 0.6 is 0 Å². The fourth-order valence-electron chi connectivity index (χ4n) is 1.66. The molecule has 0 amide bonds. The average Bonchev–Trinajstić information content (AvgIpc) is 3.10. The molecule has 3 aromatic heterocycles. The topological polar surface area (TPSA) is 109 Å². The summed E-state index contributed by atoms with van der Waals surface area (Å²) in [5, 5.41) is 11.8. The highest BCUT2D eigenvalue weighted by atomic mass is 16.5. The minimum atomic E-state index is -0.157. The van der Waals surface area contributed by atoms with Gasteiger partial charge < -0.3 is 10.3 Å². The molecule has 8 heteroatoms. The Balaban J connectivity index is 1.77. The zero-order valence-corrected chi connectivity index (χ0v) is 10.8. The number of rotatable bonds is 4. The van der Waals surface area contributed by atoms with Crippen LogP contribution in [0.3, 0.4) is 0 Å². The van der Waals surface area contributed by atoms with Crippen molar-refractivity contribution >= 4 is 0 Å². The summed E-state index contributed by atoms with van der Waals surface area (Å²) in [6, 6.07) is 5.36. The predicted octanol–water partition coefficient (Wildman–Crippen LogP) is 0.791. The lowest BCUT2D eigenvalue weighted by Gasteiger charge is -1.96. The third-order valence-electron chi connectivity index (χ3n) is 2.68. The first-order valence-electron chi connectivity index (χ1n) is 6.12. The van der Waals surface area contributed by atoms with Crippen LogP contribution in [0.1, 0.15) is 24.6 Å². The van der Waals surface area contributed by atoms with Gasteiger partial charge in [-0.3, -0.25) is 4.98 Å². The molecular weight excluding hydrogens is 258 g/mol. The summed E-state index contributed by atoms with van der Waals surface area (Å²) < 4.78 is 6.78. The molecule has 102 valence electrons. The molecule has 1 atom stereocenters. The van der Waals surface area contributed by atoms with Gasteiger partial charge in [0.2, 0.25) is 11.7 Å². The van der Waals surface area contributed by atoms with E-state index in [2.05, 4.69) is 25.4 Å². The van der Waals surface area contributed by atoms with Crippen LogP contribution in [-0.4, -0.2) is 30.1 Å². The minimum Gasteiger partial charge on any atom is -0.337 e. The summed E-state index contributed by atoms with van der Waals surface area (Å²) >= 11 is 0. The predicted molar refractivity (Wildman–Crippen MR) is 69.3 cm³/mol. The smallest absolute Gasteiger partial charge is 0.248 e. The van der Waals surface area contributed by atoms with Crippen molar-refractivity contribution in [2.75, 3.05) is 0 Å². The maximum absolute atomic E-state index is 5.73. The second-order valence-electron chi connectivity index (χ2n) is 4.36. The van der Waals surface area contributed by atoms with Crippen molar-refractivity contribution in [3.05, 3.63) is 42.2 Å². The van der Waals surface area contributed by atoms with E-state index in [1.807, 2.05) is 25.1 Å². The van der Waals surface area contributed by atoms with Crippen LogP contribution in [0.2, 0.25) is 0 Å². The molecule has 0 fully saturated rings. The van der Waals surface area contributed by atoms with E-state index < -0.39 is 0 Å². The van der Waals surface area contributed by atoms with Crippen molar-refractivity contribution in [2.45, 2.75) is 19.5 Å². The number of nitrogens with two attached hydrogens (primary N) is 1. The quantitative estimate of drug-likeness (QED) is 0.747. The first-order chi connectivity index (χ1) is 9.72. The van der Waals surface area contributed by atoms with E-state index in [0.717, 1.165) is 5.69 Å². The molecule has 0 aromatic carbocycles. The van der Waals surface area contributed by atoms with Crippen LogP contribution < -0.4 is 5.73 Å². The van der Waals surface area contributed by atoms with Gasteiger partial charge in [0.05, 0.1) is 11.9 Å². The third-order valence-corrected chi connectivity index (χ3v) is 2.68. The zero-order valence-electron chi connectivity index (χ0n) is 10.8. The van der Waals surface area contributed by atoms with E-state index >= 15 is 0 Å². The van der Waals surface area contributed by atoms with E-state index in [4.69, 9.17) is 10.3 Å². The van der Waals surface area contributed by atoms with Gasteiger partial charge in [-0.1, -0.05) is 16.4 Å². The molecule has 0 aliphatic carbocycles. The minimum absolute atomic E-state index is 0.157. The maximum atomic E-state index is 5.73. The molecule has 3 rings (SSSR count). The fourth-order valence-corrected chi connectivity index (χ4v) is 1.66. The van der Waals surface area contributed by atoms with E-state index in [-0.39, 0.29) is 6.04 Å². The lowest BCUT2D eigenvalue weighted by atomic mass is 10.3. The lowest BCUT2D eigenvalue weighted by Crippen LogP contribution is -2.05. The summed E-state index contributed by atoms with van der Waals surface area (Å²) in [5.41, 5.74) is 7.11. The SMILES string of the molecule is CC(N)c1cn(Cc2nc(-c3ccccn3)no2)nn1. The first-order valence-corrected chi connectivity index (χ1v) is 6.12.